The second-order valence-electron chi connectivity index (χ2n) is 9.00. The molecule has 174 valence electrons. The van der Waals surface area contributed by atoms with Crippen molar-refractivity contribution in [2.45, 2.75) is 12.8 Å². The lowest BCUT2D eigenvalue weighted by Crippen LogP contribution is -2.18. The number of hydrogen-bond donors (Lipinski definition) is 1. The minimum Gasteiger partial charge on any atom is -0.493 e. The molecule has 33 heavy (non-hydrogen) atoms. The molecule has 9 heteroatoms. The summed E-state index contributed by atoms with van der Waals surface area (Å²) in [4.78, 5) is 11.1. The Morgan fingerprint density at radius 1 is 1.06 bits per heavy atom. The predicted molar refractivity (Wildman–Crippen MR) is 128 cm³/mol. The van der Waals surface area contributed by atoms with Crippen LogP contribution in [0.4, 0.5) is 15.9 Å². The molecule has 0 unspecified atom stereocenters. The summed E-state index contributed by atoms with van der Waals surface area (Å²) >= 11 is 11.9. The molecule has 5 rings (SSSR count). The highest BCUT2D eigenvalue weighted by Crippen LogP contribution is 2.42. The molecular weight excluding hydrogens is 466 g/mol. The van der Waals surface area contributed by atoms with Crippen LogP contribution in [0.2, 0.25) is 10.0 Å². The molecule has 0 spiro atoms. The number of aromatic nitrogens is 2. The summed E-state index contributed by atoms with van der Waals surface area (Å²) in [6.45, 7) is 3.03. The molecular formula is C24H25Cl2FN4O2. The largest absolute Gasteiger partial charge is 0.493 e. The van der Waals surface area contributed by atoms with Crippen LogP contribution < -0.4 is 14.8 Å². The van der Waals surface area contributed by atoms with E-state index in [1.165, 1.54) is 38.3 Å². The summed E-state index contributed by atoms with van der Waals surface area (Å²) in [5.74, 6) is 3.23. The van der Waals surface area contributed by atoms with Gasteiger partial charge in [-0.3, -0.25) is 0 Å². The van der Waals surface area contributed by atoms with Crippen molar-refractivity contribution in [1.82, 2.24) is 14.9 Å². The topological polar surface area (TPSA) is 59.5 Å². The van der Waals surface area contributed by atoms with E-state index in [1.54, 1.807) is 13.2 Å². The number of nitrogens with one attached hydrogen (secondary N) is 1. The van der Waals surface area contributed by atoms with Gasteiger partial charge in [0.25, 0.3) is 0 Å². The number of fused-ring (bicyclic) bond motifs is 2. The summed E-state index contributed by atoms with van der Waals surface area (Å²) in [5, 5.41) is 4.05. The molecule has 1 saturated heterocycles. The molecule has 2 aliphatic rings. The Balaban J connectivity index is 1.37. The van der Waals surface area contributed by atoms with Gasteiger partial charge < -0.3 is 19.7 Å². The predicted octanol–water partition coefficient (Wildman–Crippen LogP) is 5.79. The van der Waals surface area contributed by atoms with Crippen LogP contribution in [0.25, 0.3) is 10.9 Å². The Hall–Kier alpha value is -2.35. The number of hydrogen-bond acceptors (Lipinski definition) is 6. The van der Waals surface area contributed by atoms with Crippen molar-refractivity contribution >= 4 is 45.6 Å². The maximum atomic E-state index is 14.4. The van der Waals surface area contributed by atoms with Gasteiger partial charge in [0.15, 0.2) is 11.5 Å². The number of nitrogens with zero attached hydrogens (tertiary/aromatic N) is 3. The zero-order chi connectivity index (χ0) is 23.1. The summed E-state index contributed by atoms with van der Waals surface area (Å²) in [6.07, 6.45) is 3.83. The first-order valence-corrected chi connectivity index (χ1v) is 11.7. The van der Waals surface area contributed by atoms with Crippen molar-refractivity contribution < 1.29 is 13.9 Å². The SMILES string of the molecule is COc1cc2c(Nc3cc(Cl)c(Cl)cc3F)ncnc2cc1OC[C@@H]1C[C@@H]2CN(C)C[C@@H]2C1. The molecule has 1 saturated carbocycles. The van der Waals surface area contributed by atoms with Crippen LogP contribution in [0.15, 0.2) is 30.6 Å². The highest BCUT2D eigenvalue weighted by atomic mass is 35.5. The first-order valence-electron chi connectivity index (χ1n) is 11.0. The van der Waals surface area contributed by atoms with Crippen LogP contribution in [0.1, 0.15) is 12.8 Å². The van der Waals surface area contributed by atoms with Gasteiger partial charge in [0.05, 0.1) is 35.0 Å². The third-order valence-electron chi connectivity index (χ3n) is 6.69. The van der Waals surface area contributed by atoms with E-state index in [0.29, 0.717) is 40.7 Å². The van der Waals surface area contributed by atoms with Gasteiger partial charge in [-0.2, -0.15) is 0 Å². The number of anilines is 2. The molecule has 1 aliphatic heterocycles. The summed E-state index contributed by atoms with van der Waals surface area (Å²) in [7, 11) is 3.80. The van der Waals surface area contributed by atoms with Crippen molar-refractivity contribution in [3.63, 3.8) is 0 Å². The minimum absolute atomic E-state index is 0.147. The molecule has 0 bridgehead atoms. The van der Waals surface area contributed by atoms with Crippen LogP contribution in [0.5, 0.6) is 11.5 Å². The lowest BCUT2D eigenvalue weighted by atomic mass is 10.0. The Labute approximate surface area is 202 Å². The Bertz CT molecular complexity index is 1180. The van der Waals surface area contributed by atoms with Gasteiger partial charge in [-0.1, -0.05) is 23.2 Å². The molecule has 3 atom stereocenters. The number of methoxy groups -OCH3 is 1. The van der Waals surface area contributed by atoms with E-state index in [4.69, 9.17) is 32.7 Å². The normalized spacial score (nSPS) is 22.5. The molecule has 1 N–H and O–H groups in total. The number of likely N-dealkylation sites (tertiary alicyclic amines) is 1. The van der Waals surface area contributed by atoms with E-state index in [9.17, 15) is 4.39 Å². The molecule has 1 aromatic heterocycles. The van der Waals surface area contributed by atoms with E-state index in [-0.39, 0.29) is 15.7 Å². The van der Waals surface area contributed by atoms with Crippen molar-refractivity contribution in [2.75, 3.05) is 39.2 Å². The highest BCUT2D eigenvalue weighted by molar-refractivity contribution is 6.42. The molecule has 1 aliphatic carbocycles. The van der Waals surface area contributed by atoms with Crippen LogP contribution in [-0.2, 0) is 0 Å². The average molecular weight is 491 g/mol. The highest BCUT2D eigenvalue weighted by Gasteiger charge is 2.39. The number of halogens is 3. The number of ether oxygens (including phenoxy) is 2. The molecule has 2 fully saturated rings. The van der Waals surface area contributed by atoms with Crippen LogP contribution in [0.3, 0.4) is 0 Å². The molecule has 3 aromatic rings. The second kappa shape index (κ2) is 9.12. The van der Waals surface area contributed by atoms with Crippen molar-refractivity contribution in [2.24, 2.45) is 17.8 Å². The maximum Gasteiger partial charge on any atom is 0.163 e. The molecule has 6 nitrogen and oxygen atoms in total. The summed E-state index contributed by atoms with van der Waals surface area (Å²) in [5.41, 5.74) is 0.829. The van der Waals surface area contributed by atoms with E-state index < -0.39 is 5.82 Å². The van der Waals surface area contributed by atoms with Gasteiger partial charge >= 0.3 is 0 Å². The third kappa shape index (κ3) is 4.54. The van der Waals surface area contributed by atoms with Crippen LogP contribution >= 0.6 is 23.2 Å². The first kappa shape index (κ1) is 22.4. The standard InChI is InChI=1S/C24H25Cl2FN4O2/c1-31-9-14-3-13(4-15(14)10-31)11-33-23-8-20-16(5-22(23)32-2)24(29-12-28-20)30-21-7-18(26)17(25)6-19(21)27/h5-8,12-15H,3-4,9-11H2,1-2H3,(H,28,29,30)/t13-,14-,15+. The van der Waals surface area contributed by atoms with Gasteiger partial charge in [-0.25, -0.2) is 14.4 Å². The second-order valence-corrected chi connectivity index (χ2v) is 9.82. The van der Waals surface area contributed by atoms with E-state index in [1.807, 2.05) is 6.07 Å². The van der Waals surface area contributed by atoms with E-state index in [2.05, 4.69) is 27.2 Å². The van der Waals surface area contributed by atoms with Crippen molar-refractivity contribution in [3.8, 4) is 11.5 Å². The number of rotatable bonds is 6. The first-order chi connectivity index (χ1) is 15.9. The quantitative estimate of drug-likeness (QED) is 0.441. The monoisotopic (exact) mass is 490 g/mol. The smallest absolute Gasteiger partial charge is 0.163 e. The Morgan fingerprint density at radius 3 is 2.52 bits per heavy atom. The fourth-order valence-corrected chi connectivity index (χ4v) is 5.50. The molecule has 2 aromatic carbocycles. The zero-order valence-corrected chi connectivity index (χ0v) is 20.0. The Kier molecular flexibility index (Phi) is 6.20. The van der Waals surface area contributed by atoms with Gasteiger partial charge in [0, 0.05) is 24.5 Å². The minimum atomic E-state index is -0.532. The lowest BCUT2D eigenvalue weighted by Gasteiger charge is -2.17. The van der Waals surface area contributed by atoms with E-state index >= 15 is 0 Å². The average Bonchev–Trinajstić information content (AvgIpc) is 3.32. The van der Waals surface area contributed by atoms with E-state index in [0.717, 1.165) is 17.9 Å². The van der Waals surface area contributed by atoms with Crippen LogP contribution in [-0.4, -0.2) is 48.7 Å². The van der Waals surface area contributed by atoms with Gasteiger partial charge in [0.1, 0.15) is 18.0 Å². The van der Waals surface area contributed by atoms with Gasteiger partial charge in [-0.15, -0.1) is 0 Å². The Morgan fingerprint density at radius 2 is 1.79 bits per heavy atom. The van der Waals surface area contributed by atoms with Crippen molar-refractivity contribution in [3.05, 3.63) is 46.5 Å². The van der Waals surface area contributed by atoms with Gasteiger partial charge in [-0.05, 0) is 55.8 Å². The maximum absolute atomic E-state index is 14.4. The van der Waals surface area contributed by atoms with Crippen molar-refractivity contribution in [1.29, 1.82) is 0 Å². The summed E-state index contributed by atoms with van der Waals surface area (Å²) < 4.78 is 26.2. The fourth-order valence-electron chi connectivity index (χ4n) is 5.19. The molecule has 0 amide bonds. The summed E-state index contributed by atoms with van der Waals surface area (Å²) in [6, 6.07) is 6.24. The third-order valence-corrected chi connectivity index (χ3v) is 7.41. The lowest BCUT2D eigenvalue weighted by molar-refractivity contribution is 0.227. The molecule has 2 heterocycles. The van der Waals surface area contributed by atoms with Gasteiger partial charge in [0.2, 0.25) is 0 Å². The number of benzene rings is 2. The van der Waals surface area contributed by atoms with Crippen LogP contribution in [0, 0.1) is 23.6 Å². The molecule has 0 radical (unpaired) electrons. The zero-order valence-electron chi connectivity index (χ0n) is 18.4. The fraction of sp³-hybridized carbons (Fsp3) is 0.417.